The summed E-state index contributed by atoms with van der Waals surface area (Å²) in [5.74, 6) is 0. The smallest absolute Gasteiger partial charge is 0.0645 e. The summed E-state index contributed by atoms with van der Waals surface area (Å²) in [4.78, 5) is 0. The van der Waals surface area contributed by atoms with E-state index < -0.39 is 48.3 Å². The van der Waals surface area contributed by atoms with Crippen molar-refractivity contribution in [2.75, 3.05) is 0 Å². The van der Waals surface area contributed by atoms with Crippen LogP contribution in [-0.2, 0) is 0 Å². The first kappa shape index (κ1) is 14.1. The standard InChI is InChI=1S/C42H28N2/c1-2-12-29(13-3-1)30-14-10-15-31(26-30)32-16-11-17-33(27-32)43-41-23-9-6-20-37(41)38-28-34(24-25-42(38)43)44-39-21-7-4-18-35(39)36-19-5-8-22-40(36)44/h1-28H/i1D,4D,5D,7D,8D,11D,12D,13D,14D,15D,18D,19D,21D,22D,26D. The highest BCUT2D eigenvalue weighted by atomic mass is 15.0. The second-order valence-electron chi connectivity index (χ2n) is 10.2. The second kappa shape index (κ2) is 9.86. The van der Waals surface area contributed by atoms with Crippen molar-refractivity contribution < 1.29 is 20.6 Å². The van der Waals surface area contributed by atoms with Crippen molar-refractivity contribution in [3.05, 3.63) is 169 Å². The van der Waals surface area contributed by atoms with Crippen LogP contribution in [0, 0.1) is 0 Å². The largest absolute Gasteiger partial charge is 0.309 e. The molecule has 0 saturated carbocycles. The molecule has 0 aliphatic heterocycles. The topological polar surface area (TPSA) is 9.86 Å². The number of fused-ring (bicyclic) bond motifs is 6. The molecule has 0 amide bonds. The Balaban J connectivity index is 1.31. The highest BCUT2D eigenvalue weighted by molar-refractivity contribution is 6.12. The Morgan fingerprint density at radius 1 is 0.364 bits per heavy atom. The summed E-state index contributed by atoms with van der Waals surface area (Å²) in [5, 5.41) is 1.35. The quantitative estimate of drug-likeness (QED) is 0.197. The molecule has 44 heavy (non-hydrogen) atoms. The number of aromatic nitrogens is 2. The van der Waals surface area contributed by atoms with Crippen molar-refractivity contribution in [3.63, 3.8) is 0 Å². The molecule has 0 radical (unpaired) electrons. The Labute approximate surface area is 276 Å². The van der Waals surface area contributed by atoms with E-state index in [1.165, 1.54) is 28.8 Å². The minimum absolute atomic E-state index is 0.00573. The molecule has 7 aromatic carbocycles. The molecule has 0 spiro atoms. The summed E-state index contributed by atoms with van der Waals surface area (Å²) >= 11 is 0. The van der Waals surface area contributed by atoms with E-state index in [1.54, 1.807) is 30.3 Å². The summed E-state index contributed by atoms with van der Waals surface area (Å²) < 4.78 is 133. The van der Waals surface area contributed by atoms with Gasteiger partial charge < -0.3 is 9.13 Å². The van der Waals surface area contributed by atoms with Crippen molar-refractivity contribution in [2.24, 2.45) is 0 Å². The fourth-order valence-electron chi connectivity index (χ4n) is 5.91. The molecule has 206 valence electrons. The molecule has 2 aromatic heterocycles. The zero-order valence-electron chi connectivity index (χ0n) is 37.9. The lowest BCUT2D eigenvalue weighted by Crippen LogP contribution is -1.96. The molecule has 0 unspecified atom stereocenters. The zero-order valence-corrected chi connectivity index (χ0v) is 22.9. The van der Waals surface area contributed by atoms with Gasteiger partial charge in [-0.3, -0.25) is 0 Å². The van der Waals surface area contributed by atoms with Crippen LogP contribution in [0.15, 0.2) is 169 Å². The van der Waals surface area contributed by atoms with E-state index in [4.69, 9.17) is 19.2 Å². The third kappa shape index (κ3) is 3.82. The van der Waals surface area contributed by atoms with Crippen LogP contribution in [0.25, 0.3) is 77.2 Å². The molecule has 2 heteroatoms. The molecule has 2 nitrogen and oxygen atoms in total. The number of hydrogen-bond donors (Lipinski definition) is 0. The Kier molecular flexibility index (Phi) is 3.15. The number of para-hydroxylation sites is 3. The van der Waals surface area contributed by atoms with Gasteiger partial charge in [0.2, 0.25) is 0 Å². The molecule has 0 aliphatic carbocycles. The maximum Gasteiger partial charge on any atom is 0.0645 e. The molecule has 0 saturated heterocycles. The number of nitrogens with zero attached hydrogens (tertiary/aromatic N) is 2. The van der Waals surface area contributed by atoms with Gasteiger partial charge in [-0.2, -0.15) is 0 Å². The molecular weight excluding hydrogens is 532 g/mol. The normalized spacial score (nSPS) is 16.4. The van der Waals surface area contributed by atoms with E-state index in [9.17, 15) is 1.37 Å². The second-order valence-corrected chi connectivity index (χ2v) is 10.2. The Morgan fingerprint density at radius 2 is 1.00 bits per heavy atom. The van der Waals surface area contributed by atoms with Crippen LogP contribution in [0.1, 0.15) is 20.6 Å². The molecular formula is C42H28N2. The molecule has 9 aromatic rings. The molecule has 0 aliphatic rings. The Hall–Kier alpha value is -5.86. The summed E-state index contributed by atoms with van der Waals surface area (Å²) in [5.41, 5.74) is 2.55. The fourth-order valence-corrected chi connectivity index (χ4v) is 5.91. The predicted molar refractivity (Wildman–Crippen MR) is 186 cm³/mol. The van der Waals surface area contributed by atoms with Gasteiger partial charge in [0.15, 0.2) is 0 Å². The van der Waals surface area contributed by atoms with E-state index in [-0.39, 0.29) is 80.8 Å². The van der Waals surface area contributed by atoms with E-state index in [0.717, 1.165) is 5.39 Å². The highest BCUT2D eigenvalue weighted by Crippen LogP contribution is 2.37. The first-order valence-electron chi connectivity index (χ1n) is 21.4. The van der Waals surface area contributed by atoms with E-state index in [2.05, 4.69) is 0 Å². The predicted octanol–water partition coefficient (Wildman–Crippen LogP) is 11.2. The monoisotopic (exact) mass is 575 g/mol. The maximum atomic E-state index is 9.22. The molecule has 0 fully saturated rings. The lowest BCUT2D eigenvalue weighted by Gasteiger charge is -2.12. The van der Waals surface area contributed by atoms with Gasteiger partial charge in [-0.25, -0.2) is 0 Å². The minimum Gasteiger partial charge on any atom is -0.309 e. The SMILES string of the molecule is [2H]c1cc(-c2c([2H])cc([2H])c(-c3c([2H])cc([2H])cc3[2H])c2[2H])cc(-n2c3ccccc3c3cc(-n4c5c([2H])c([2H])c([2H])c([2H])c5c5c([2H])c([2H])c([2H])c([2H])c54)ccc32)c1. The first-order chi connectivity index (χ1) is 28.0. The van der Waals surface area contributed by atoms with Gasteiger partial charge in [-0.15, -0.1) is 0 Å². The Bertz CT molecular complexity index is 3250. The summed E-state index contributed by atoms with van der Waals surface area (Å²) in [6, 6.07) is 16.4. The third-order valence-corrected chi connectivity index (χ3v) is 7.80. The van der Waals surface area contributed by atoms with Crippen molar-refractivity contribution in [3.8, 4) is 33.6 Å². The van der Waals surface area contributed by atoms with Crippen molar-refractivity contribution >= 4 is 43.6 Å². The van der Waals surface area contributed by atoms with Gasteiger partial charge in [0.05, 0.1) is 42.6 Å². The van der Waals surface area contributed by atoms with Gasteiger partial charge in [0, 0.05) is 32.9 Å². The van der Waals surface area contributed by atoms with Crippen LogP contribution in [0.3, 0.4) is 0 Å². The van der Waals surface area contributed by atoms with E-state index in [1.807, 2.05) is 28.8 Å². The third-order valence-electron chi connectivity index (χ3n) is 7.80. The minimum atomic E-state index is -0.532. The van der Waals surface area contributed by atoms with Crippen molar-refractivity contribution in [2.45, 2.75) is 0 Å². The van der Waals surface area contributed by atoms with Crippen LogP contribution in [0.4, 0.5) is 0 Å². The van der Waals surface area contributed by atoms with Crippen LogP contribution < -0.4 is 0 Å². The molecule has 0 bridgehead atoms. The van der Waals surface area contributed by atoms with Gasteiger partial charge in [-0.05, 0) is 76.8 Å². The molecule has 0 atom stereocenters. The zero-order chi connectivity index (χ0) is 42.1. The van der Waals surface area contributed by atoms with Crippen molar-refractivity contribution in [1.29, 1.82) is 0 Å². The molecule has 0 N–H and O–H groups in total. The van der Waals surface area contributed by atoms with Crippen LogP contribution in [0.2, 0.25) is 0 Å². The first-order valence-corrected chi connectivity index (χ1v) is 13.9. The number of benzene rings is 7. The van der Waals surface area contributed by atoms with E-state index >= 15 is 0 Å². The number of hydrogen-bond acceptors (Lipinski definition) is 0. The van der Waals surface area contributed by atoms with Gasteiger partial charge >= 0.3 is 0 Å². The average Bonchev–Trinajstić information content (AvgIpc) is 3.72. The van der Waals surface area contributed by atoms with Crippen LogP contribution in [0.5, 0.6) is 0 Å². The average molecular weight is 576 g/mol. The van der Waals surface area contributed by atoms with Crippen LogP contribution >= 0.6 is 0 Å². The van der Waals surface area contributed by atoms with E-state index in [0.29, 0.717) is 33.4 Å². The maximum absolute atomic E-state index is 9.22. The fraction of sp³-hybridized carbons (Fsp3) is 0. The van der Waals surface area contributed by atoms with Gasteiger partial charge in [0.1, 0.15) is 0 Å². The molecule has 9 rings (SSSR count). The Morgan fingerprint density at radius 3 is 1.80 bits per heavy atom. The number of rotatable bonds is 4. The summed E-state index contributed by atoms with van der Waals surface area (Å²) in [7, 11) is 0. The summed E-state index contributed by atoms with van der Waals surface area (Å²) in [6.45, 7) is 0. The van der Waals surface area contributed by atoms with Crippen molar-refractivity contribution in [1.82, 2.24) is 9.13 Å². The lowest BCUT2D eigenvalue weighted by atomic mass is 9.99. The van der Waals surface area contributed by atoms with Gasteiger partial charge in [0.25, 0.3) is 0 Å². The van der Waals surface area contributed by atoms with Crippen LogP contribution in [-0.4, -0.2) is 9.13 Å². The highest BCUT2D eigenvalue weighted by Gasteiger charge is 2.16. The summed E-state index contributed by atoms with van der Waals surface area (Å²) in [6.07, 6.45) is 0. The lowest BCUT2D eigenvalue weighted by molar-refractivity contribution is 1.17. The van der Waals surface area contributed by atoms with Gasteiger partial charge in [-0.1, -0.05) is 115 Å². The molecule has 2 heterocycles.